The van der Waals surface area contributed by atoms with Gasteiger partial charge in [-0.1, -0.05) is 11.6 Å². The second-order valence-corrected chi connectivity index (χ2v) is 5.29. The molecule has 1 aliphatic rings. The van der Waals surface area contributed by atoms with Crippen LogP contribution in [0.4, 0.5) is 11.4 Å². The predicted molar refractivity (Wildman–Crippen MR) is 77.0 cm³/mol. The van der Waals surface area contributed by atoms with Gasteiger partial charge < -0.3 is 9.80 Å². The van der Waals surface area contributed by atoms with E-state index in [1.54, 1.807) is 6.07 Å². The first-order valence-electron chi connectivity index (χ1n) is 6.42. The van der Waals surface area contributed by atoms with Gasteiger partial charge in [0.1, 0.15) is 0 Å². The number of nitrogens with zero attached hydrogens (tertiary/aromatic N) is 3. The van der Waals surface area contributed by atoms with Crippen molar-refractivity contribution >= 4 is 23.0 Å². The first-order chi connectivity index (χ1) is 9.02. The summed E-state index contributed by atoms with van der Waals surface area (Å²) in [4.78, 5) is 14.8. The van der Waals surface area contributed by atoms with Crippen molar-refractivity contribution in [2.45, 2.75) is 19.4 Å². The highest BCUT2D eigenvalue weighted by Crippen LogP contribution is 2.32. The largest absolute Gasteiger partial charge is 0.366 e. The summed E-state index contributed by atoms with van der Waals surface area (Å²) >= 11 is 6.20. The maximum absolute atomic E-state index is 10.7. The Kier molecular flexibility index (Phi) is 4.27. The predicted octanol–water partition coefficient (Wildman–Crippen LogP) is 2.78. The molecule has 1 aromatic rings. The molecule has 1 fully saturated rings. The van der Waals surface area contributed by atoms with Gasteiger partial charge in [0.05, 0.1) is 15.6 Å². The highest BCUT2D eigenvalue weighted by molar-refractivity contribution is 6.33. The van der Waals surface area contributed by atoms with E-state index in [0.717, 1.165) is 31.7 Å². The van der Waals surface area contributed by atoms with Gasteiger partial charge >= 0.3 is 0 Å². The minimum atomic E-state index is -0.421. The molecule has 0 aliphatic carbocycles. The SMILES string of the molecule is CCN(c1ccc([N+](=O)[O-])cc1Cl)C1CCN(C)C1. The van der Waals surface area contributed by atoms with Crippen LogP contribution in [0.1, 0.15) is 13.3 Å². The zero-order valence-electron chi connectivity index (χ0n) is 11.2. The molecule has 0 N–H and O–H groups in total. The van der Waals surface area contributed by atoms with Gasteiger partial charge in [0, 0.05) is 31.3 Å². The van der Waals surface area contributed by atoms with Gasteiger partial charge in [-0.15, -0.1) is 0 Å². The summed E-state index contributed by atoms with van der Waals surface area (Å²) in [7, 11) is 2.10. The molecular weight excluding hydrogens is 266 g/mol. The molecular formula is C13H18ClN3O2. The average Bonchev–Trinajstić information content (AvgIpc) is 2.78. The number of benzene rings is 1. The van der Waals surface area contributed by atoms with Crippen molar-refractivity contribution in [3.05, 3.63) is 33.3 Å². The summed E-state index contributed by atoms with van der Waals surface area (Å²) in [6.45, 7) is 5.00. The zero-order valence-corrected chi connectivity index (χ0v) is 11.9. The van der Waals surface area contributed by atoms with Gasteiger partial charge in [0.15, 0.2) is 0 Å². The third kappa shape index (κ3) is 2.98. The van der Waals surface area contributed by atoms with Crippen LogP contribution in [-0.2, 0) is 0 Å². The first kappa shape index (κ1) is 14.1. The molecule has 0 bridgehead atoms. The van der Waals surface area contributed by atoms with Gasteiger partial charge in [0.2, 0.25) is 0 Å². The van der Waals surface area contributed by atoms with Crippen molar-refractivity contribution in [2.75, 3.05) is 31.6 Å². The van der Waals surface area contributed by atoms with E-state index in [1.165, 1.54) is 12.1 Å². The Morgan fingerprint density at radius 2 is 2.32 bits per heavy atom. The van der Waals surface area contributed by atoms with Gasteiger partial charge in [-0.2, -0.15) is 0 Å². The summed E-state index contributed by atoms with van der Waals surface area (Å²) in [6.07, 6.45) is 1.09. The number of anilines is 1. The number of non-ortho nitro benzene ring substituents is 1. The van der Waals surface area contributed by atoms with E-state index in [0.29, 0.717) is 11.1 Å². The van der Waals surface area contributed by atoms with Crippen LogP contribution in [0, 0.1) is 10.1 Å². The molecule has 1 saturated heterocycles. The minimum Gasteiger partial charge on any atom is -0.366 e. The van der Waals surface area contributed by atoms with Gasteiger partial charge in [-0.05, 0) is 33.0 Å². The topological polar surface area (TPSA) is 49.6 Å². The third-order valence-corrected chi connectivity index (χ3v) is 3.90. The van der Waals surface area contributed by atoms with Crippen LogP contribution in [0.15, 0.2) is 18.2 Å². The van der Waals surface area contributed by atoms with Crippen LogP contribution in [-0.4, -0.2) is 42.5 Å². The molecule has 19 heavy (non-hydrogen) atoms. The number of hydrogen-bond acceptors (Lipinski definition) is 4. The number of nitro groups is 1. The van der Waals surface area contributed by atoms with Crippen molar-refractivity contribution in [1.82, 2.24) is 4.90 Å². The first-order valence-corrected chi connectivity index (χ1v) is 6.80. The number of hydrogen-bond donors (Lipinski definition) is 0. The van der Waals surface area contributed by atoms with E-state index in [-0.39, 0.29) is 5.69 Å². The smallest absolute Gasteiger partial charge is 0.271 e. The Morgan fingerprint density at radius 1 is 1.58 bits per heavy atom. The van der Waals surface area contributed by atoms with Crippen LogP contribution in [0.2, 0.25) is 5.02 Å². The molecule has 1 heterocycles. The lowest BCUT2D eigenvalue weighted by atomic mass is 10.1. The van der Waals surface area contributed by atoms with Crippen molar-refractivity contribution < 1.29 is 4.92 Å². The molecule has 0 aromatic heterocycles. The molecule has 0 saturated carbocycles. The fraction of sp³-hybridized carbons (Fsp3) is 0.538. The van der Waals surface area contributed by atoms with Crippen LogP contribution in [0.5, 0.6) is 0 Å². The summed E-state index contributed by atoms with van der Waals surface area (Å²) < 4.78 is 0. The molecule has 1 aliphatic heterocycles. The second kappa shape index (κ2) is 5.75. The maximum atomic E-state index is 10.7. The van der Waals surface area contributed by atoms with Gasteiger partial charge in [-0.3, -0.25) is 10.1 Å². The maximum Gasteiger partial charge on any atom is 0.271 e. The molecule has 104 valence electrons. The van der Waals surface area contributed by atoms with Crippen LogP contribution >= 0.6 is 11.6 Å². The quantitative estimate of drug-likeness (QED) is 0.630. The highest BCUT2D eigenvalue weighted by Gasteiger charge is 2.26. The molecule has 1 unspecified atom stereocenters. The van der Waals surface area contributed by atoms with Crippen molar-refractivity contribution in [3.63, 3.8) is 0 Å². The van der Waals surface area contributed by atoms with Crippen LogP contribution < -0.4 is 4.90 Å². The summed E-state index contributed by atoms with van der Waals surface area (Å²) in [5.41, 5.74) is 0.920. The number of rotatable bonds is 4. The standard InChI is InChI=1S/C13H18ClN3O2/c1-3-16(11-6-7-15(2)9-11)13-5-4-10(17(18)19)8-12(13)14/h4-5,8,11H,3,6-7,9H2,1-2H3. The van der Waals surface area contributed by atoms with E-state index in [2.05, 4.69) is 23.8 Å². The van der Waals surface area contributed by atoms with E-state index in [1.807, 2.05) is 0 Å². The van der Waals surface area contributed by atoms with E-state index < -0.39 is 4.92 Å². The lowest BCUT2D eigenvalue weighted by Crippen LogP contribution is -2.37. The van der Waals surface area contributed by atoms with Gasteiger partial charge in [-0.25, -0.2) is 0 Å². The van der Waals surface area contributed by atoms with Gasteiger partial charge in [0.25, 0.3) is 5.69 Å². The van der Waals surface area contributed by atoms with E-state index in [9.17, 15) is 10.1 Å². The fourth-order valence-corrected chi connectivity index (χ4v) is 2.92. The Bertz CT molecular complexity index is 481. The van der Waals surface area contributed by atoms with Crippen molar-refractivity contribution in [2.24, 2.45) is 0 Å². The Balaban J connectivity index is 2.26. The molecule has 0 radical (unpaired) electrons. The summed E-state index contributed by atoms with van der Waals surface area (Å²) in [5, 5.41) is 11.2. The third-order valence-electron chi connectivity index (χ3n) is 3.60. The Morgan fingerprint density at radius 3 is 2.79 bits per heavy atom. The lowest BCUT2D eigenvalue weighted by Gasteiger charge is -2.30. The van der Waals surface area contributed by atoms with Crippen LogP contribution in [0.3, 0.4) is 0 Å². The monoisotopic (exact) mass is 283 g/mol. The average molecular weight is 284 g/mol. The molecule has 0 amide bonds. The summed E-state index contributed by atoms with van der Waals surface area (Å²) in [6, 6.07) is 5.12. The molecule has 5 nitrogen and oxygen atoms in total. The second-order valence-electron chi connectivity index (χ2n) is 4.88. The Labute approximate surface area is 117 Å². The molecule has 6 heteroatoms. The molecule has 1 atom stereocenters. The van der Waals surface area contributed by atoms with E-state index >= 15 is 0 Å². The van der Waals surface area contributed by atoms with E-state index in [4.69, 9.17) is 11.6 Å². The molecule has 2 rings (SSSR count). The highest BCUT2D eigenvalue weighted by atomic mass is 35.5. The number of likely N-dealkylation sites (tertiary alicyclic amines) is 1. The van der Waals surface area contributed by atoms with Crippen molar-refractivity contribution in [1.29, 1.82) is 0 Å². The number of halogens is 1. The normalized spacial score (nSPS) is 19.6. The van der Waals surface area contributed by atoms with Crippen molar-refractivity contribution in [3.8, 4) is 0 Å². The lowest BCUT2D eigenvalue weighted by molar-refractivity contribution is -0.384. The number of nitro benzene ring substituents is 1. The minimum absolute atomic E-state index is 0.0355. The molecule has 0 spiro atoms. The fourth-order valence-electron chi connectivity index (χ4n) is 2.63. The Hall–Kier alpha value is -1.33. The zero-order chi connectivity index (χ0) is 14.0. The summed E-state index contributed by atoms with van der Waals surface area (Å²) in [5.74, 6) is 0. The molecule has 1 aromatic carbocycles. The number of likely N-dealkylation sites (N-methyl/N-ethyl adjacent to an activating group) is 2. The van der Waals surface area contributed by atoms with Crippen LogP contribution in [0.25, 0.3) is 0 Å².